The number of allylic oxidation sites excluding steroid dienone is 1. The SMILES string of the molecule is CCOC(=O)/C(C#N)=C1/OC(C)(C)C(C)=C1C#N. The average molecular weight is 246 g/mol. The summed E-state index contributed by atoms with van der Waals surface area (Å²) in [6, 6.07) is 3.72. The molecule has 5 heteroatoms. The first-order valence-corrected chi connectivity index (χ1v) is 5.51. The fourth-order valence-electron chi connectivity index (χ4n) is 1.56. The number of carbonyl (C=O) groups is 1. The van der Waals surface area contributed by atoms with Crippen molar-refractivity contribution < 1.29 is 14.3 Å². The standard InChI is InChI=1S/C13H14N2O3/c1-5-17-12(16)10(7-15)11-9(6-14)8(2)13(3,4)18-11/h5H2,1-4H3/b11-10+. The van der Waals surface area contributed by atoms with Gasteiger partial charge in [0.05, 0.1) is 12.2 Å². The highest BCUT2D eigenvalue weighted by atomic mass is 16.5. The third kappa shape index (κ3) is 2.21. The first-order valence-electron chi connectivity index (χ1n) is 5.51. The maximum atomic E-state index is 11.6. The predicted molar refractivity (Wildman–Crippen MR) is 62.7 cm³/mol. The number of nitriles is 2. The molecule has 0 aromatic rings. The van der Waals surface area contributed by atoms with E-state index in [-0.39, 0.29) is 23.5 Å². The second kappa shape index (κ2) is 4.93. The zero-order chi connectivity index (χ0) is 13.9. The van der Waals surface area contributed by atoms with Crippen molar-refractivity contribution in [3.63, 3.8) is 0 Å². The van der Waals surface area contributed by atoms with E-state index in [2.05, 4.69) is 0 Å². The van der Waals surface area contributed by atoms with Gasteiger partial charge in [0, 0.05) is 0 Å². The Hall–Kier alpha value is -2.27. The molecule has 0 atom stereocenters. The molecule has 0 aromatic carbocycles. The molecule has 1 rings (SSSR count). The van der Waals surface area contributed by atoms with Crippen molar-refractivity contribution in [1.82, 2.24) is 0 Å². The van der Waals surface area contributed by atoms with E-state index >= 15 is 0 Å². The lowest BCUT2D eigenvalue weighted by Crippen LogP contribution is -2.20. The van der Waals surface area contributed by atoms with Gasteiger partial charge >= 0.3 is 5.97 Å². The van der Waals surface area contributed by atoms with Crippen LogP contribution in [0.5, 0.6) is 0 Å². The number of carbonyl (C=O) groups excluding carboxylic acids is 1. The predicted octanol–water partition coefficient (Wildman–Crippen LogP) is 1.98. The largest absolute Gasteiger partial charge is 0.480 e. The third-order valence-corrected chi connectivity index (χ3v) is 2.79. The summed E-state index contributed by atoms with van der Waals surface area (Å²) in [6.07, 6.45) is 0. The number of hydrogen-bond acceptors (Lipinski definition) is 5. The molecule has 1 aliphatic heterocycles. The topological polar surface area (TPSA) is 83.1 Å². The Morgan fingerprint density at radius 1 is 1.44 bits per heavy atom. The lowest BCUT2D eigenvalue weighted by Gasteiger charge is -2.20. The summed E-state index contributed by atoms with van der Waals surface area (Å²) in [5.41, 5.74) is -0.0467. The highest BCUT2D eigenvalue weighted by Crippen LogP contribution is 2.39. The molecule has 94 valence electrons. The Bertz CT molecular complexity index is 527. The van der Waals surface area contributed by atoms with Gasteiger partial charge in [0.15, 0.2) is 11.3 Å². The molecular formula is C13H14N2O3. The molecule has 1 aliphatic rings. The van der Waals surface area contributed by atoms with Crippen LogP contribution in [0.4, 0.5) is 0 Å². The summed E-state index contributed by atoms with van der Waals surface area (Å²) in [4.78, 5) is 11.6. The van der Waals surface area contributed by atoms with Gasteiger partial charge in [-0.15, -0.1) is 0 Å². The van der Waals surface area contributed by atoms with E-state index in [9.17, 15) is 4.79 Å². The van der Waals surface area contributed by atoms with E-state index in [0.717, 1.165) is 0 Å². The fraction of sp³-hybridized carbons (Fsp3) is 0.462. The van der Waals surface area contributed by atoms with Crippen molar-refractivity contribution in [2.24, 2.45) is 0 Å². The molecule has 0 fully saturated rings. The van der Waals surface area contributed by atoms with Crippen molar-refractivity contribution in [3.8, 4) is 12.1 Å². The lowest BCUT2D eigenvalue weighted by atomic mass is 9.97. The number of esters is 1. The molecular weight excluding hydrogens is 232 g/mol. The number of hydrogen-bond donors (Lipinski definition) is 0. The van der Waals surface area contributed by atoms with Gasteiger partial charge in [-0.3, -0.25) is 0 Å². The van der Waals surface area contributed by atoms with Gasteiger partial charge in [-0.2, -0.15) is 10.5 Å². The van der Waals surface area contributed by atoms with Crippen LogP contribution in [0.3, 0.4) is 0 Å². The number of nitrogens with zero attached hydrogens (tertiary/aromatic N) is 2. The molecule has 18 heavy (non-hydrogen) atoms. The number of rotatable bonds is 2. The lowest BCUT2D eigenvalue weighted by molar-refractivity contribution is -0.138. The van der Waals surface area contributed by atoms with Crippen LogP contribution in [-0.4, -0.2) is 18.2 Å². The van der Waals surface area contributed by atoms with E-state index in [4.69, 9.17) is 20.0 Å². The summed E-state index contributed by atoms with van der Waals surface area (Å²) in [7, 11) is 0. The Balaban J connectivity index is 3.38. The van der Waals surface area contributed by atoms with E-state index in [1.807, 2.05) is 6.07 Å². The third-order valence-electron chi connectivity index (χ3n) is 2.79. The summed E-state index contributed by atoms with van der Waals surface area (Å²) >= 11 is 0. The zero-order valence-corrected chi connectivity index (χ0v) is 10.8. The maximum Gasteiger partial charge on any atom is 0.352 e. The molecule has 5 nitrogen and oxygen atoms in total. The second-order valence-electron chi connectivity index (χ2n) is 4.26. The molecule has 0 aromatic heterocycles. The van der Waals surface area contributed by atoms with Crippen molar-refractivity contribution in [3.05, 3.63) is 22.5 Å². The highest BCUT2D eigenvalue weighted by molar-refractivity contribution is 5.94. The molecule has 0 spiro atoms. The molecule has 1 heterocycles. The molecule has 0 unspecified atom stereocenters. The number of ether oxygens (including phenoxy) is 2. The minimum absolute atomic E-state index is 0.0148. The quantitative estimate of drug-likeness (QED) is 0.422. The van der Waals surface area contributed by atoms with Gasteiger partial charge in [0.25, 0.3) is 0 Å². The second-order valence-corrected chi connectivity index (χ2v) is 4.26. The van der Waals surface area contributed by atoms with Gasteiger partial charge in [-0.1, -0.05) is 0 Å². The minimum atomic E-state index is -0.770. The van der Waals surface area contributed by atoms with Crippen molar-refractivity contribution in [1.29, 1.82) is 10.5 Å². The maximum absolute atomic E-state index is 11.6. The molecule has 0 saturated carbocycles. The average Bonchev–Trinajstić information content (AvgIpc) is 2.51. The Kier molecular flexibility index (Phi) is 3.78. The van der Waals surface area contributed by atoms with Crippen LogP contribution in [0, 0.1) is 22.7 Å². The summed E-state index contributed by atoms with van der Waals surface area (Å²) in [5, 5.41) is 18.1. The van der Waals surface area contributed by atoms with Crippen molar-refractivity contribution in [2.45, 2.75) is 33.3 Å². The van der Waals surface area contributed by atoms with E-state index in [1.54, 1.807) is 33.8 Å². The zero-order valence-electron chi connectivity index (χ0n) is 10.8. The molecule has 0 bridgehead atoms. The normalized spacial score (nSPS) is 19.7. The Morgan fingerprint density at radius 3 is 2.50 bits per heavy atom. The van der Waals surface area contributed by atoms with Gasteiger partial charge in [-0.05, 0) is 33.3 Å². The Labute approximate surface area is 106 Å². The van der Waals surface area contributed by atoms with Crippen LogP contribution in [0.2, 0.25) is 0 Å². The molecule has 0 N–H and O–H groups in total. The molecule has 0 saturated heterocycles. The van der Waals surface area contributed by atoms with Crippen LogP contribution in [0.1, 0.15) is 27.7 Å². The minimum Gasteiger partial charge on any atom is -0.480 e. The van der Waals surface area contributed by atoms with E-state index < -0.39 is 11.6 Å². The summed E-state index contributed by atoms with van der Waals surface area (Å²) in [6.45, 7) is 7.08. The van der Waals surface area contributed by atoms with Crippen LogP contribution >= 0.6 is 0 Å². The fourth-order valence-corrected chi connectivity index (χ4v) is 1.56. The molecule has 0 radical (unpaired) electrons. The highest BCUT2D eigenvalue weighted by Gasteiger charge is 2.38. The molecule has 0 amide bonds. The van der Waals surface area contributed by atoms with Gasteiger partial charge in [0.2, 0.25) is 0 Å². The van der Waals surface area contributed by atoms with Crippen molar-refractivity contribution in [2.75, 3.05) is 6.61 Å². The first-order chi connectivity index (χ1) is 8.38. The van der Waals surface area contributed by atoms with Crippen LogP contribution in [0.25, 0.3) is 0 Å². The first kappa shape index (κ1) is 13.8. The van der Waals surface area contributed by atoms with Crippen LogP contribution < -0.4 is 0 Å². The van der Waals surface area contributed by atoms with Crippen LogP contribution in [-0.2, 0) is 14.3 Å². The van der Waals surface area contributed by atoms with Gasteiger partial charge in [-0.25, -0.2) is 4.79 Å². The summed E-state index contributed by atoms with van der Waals surface area (Å²) in [5.74, 6) is -0.755. The van der Waals surface area contributed by atoms with Crippen LogP contribution in [0.15, 0.2) is 22.5 Å². The smallest absolute Gasteiger partial charge is 0.352 e. The monoisotopic (exact) mass is 246 g/mol. The summed E-state index contributed by atoms with van der Waals surface area (Å²) < 4.78 is 10.3. The van der Waals surface area contributed by atoms with Crippen molar-refractivity contribution >= 4 is 5.97 Å². The van der Waals surface area contributed by atoms with Gasteiger partial charge < -0.3 is 9.47 Å². The van der Waals surface area contributed by atoms with Gasteiger partial charge in [0.1, 0.15) is 17.7 Å². The Morgan fingerprint density at radius 2 is 2.06 bits per heavy atom. The van der Waals surface area contributed by atoms with E-state index in [1.165, 1.54) is 0 Å². The molecule has 0 aliphatic carbocycles. The van der Waals surface area contributed by atoms with E-state index in [0.29, 0.717) is 5.57 Å².